The molecule has 2 aliphatic rings. The highest BCUT2D eigenvalue weighted by Gasteiger charge is 2.50. The van der Waals surface area contributed by atoms with E-state index in [0.29, 0.717) is 12.8 Å². The largest absolute Gasteiger partial charge is 0.481 e. The zero-order chi connectivity index (χ0) is 23.4. The number of methoxy groups -OCH3 is 1. The molecular formula is C25H28N2O6. The first-order chi connectivity index (χ1) is 15.9. The van der Waals surface area contributed by atoms with Gasteiger partial charge in [0.05, 0.1) is 17.9 Å². The fraction of sp³-hybridized carbons (Fsp3) is 0.400. The van der Waals surface area contributed by atoms with Gasteiger partial charge in [-0.15, -0.1) is 0 Å². The summed E-state index contributed by atoms with van der Waals surface area (Å²) in [7, 11) is 1.41. The zero-order valence-corrected chi connectivity index (χ0v) is 18.5. The third-order valence-electron chi connectivity index (χ3n) is 6.48. The van der Waals surface area contributed by atoms with Crippen molar-refractivity contribution in [3.05, 3.63) is 59.7 Å². The van der Waals surface area contributed by atoms with Gasteiger partial charge in [0.2, 0.25) is 5.91 Å². The van der Waals surface area contributed by atoms with Crippen molar-refractivity contribution < 1.29 is 29.0 Å². The second-order valence-corrected chi connectivity index (χ2v) is 8.63. The van der Waals surface area contributed by atoms with Gasteiger partial charge < -0.3 is 25.2 Å². The normalized spacial score (nSPS) is 16.3. The van der Waals surface area contributed by atoms with Gasteiger partial charge >= 0.3 is 12.1 Å². The van der Waals surface area contributed by atoms with E-state index in [9.17, 15) is 14.4 Å². The number of hydrogen-bond donors (Lipinski definition) is 3. The van der Waals surface area contributed by atoms with Crippen LogP contribution < -0.4 is 10.6 Å². The van der Waals surface area contributed by atoms with Gasteiger partial charge in [-0.2, -0.15) is 0 Å². The third-order valence-corrected chi connectivity index (χ3v) is 6.48. The fourth-order valence-electron chi connectivity index (χ4n) is 4.35. The van der Waals surface area contributed by atoms with E-state index < -0.39 is 23.6 Å². The zero-order valence-electron chi connectivity index (χ0n) is 18.5. The molecule has 0 spiro atoms. The lowest BCUT2D eigenvalue weighted by Gasteiger charge is -2.19. The smallest absolute Gasteiger partial charge is 0.407 e. The standard InChI is InChI=1S/C25H28N2O6/c1-32-16(12-22(28)29)13-26-23(30)25(10-11-25)15-27-24(31)33-14-21-19-8-4-2-6-17(19)18-7-3-5-9-20(18)21/h2-9,16,21H,10-15H2,1H3,(H,26,30)(H,27,31)(H,28,29). The molecule has 3 N–H and O–H groups in total. The maximum Gasteiger partial charge on any atom is 0.407 e. The average Bonchev–Trinajstić information content (AvgIpc) is 3.55. The van der Waals surface area contributed by atoms with Gasteiger partial charge in [-0.1, -0.05) is 48.5 Å². The van der Waals surface area contributed by atoms with Crippen LogP contribution in [-0.4, -0.2) is 56.0 Å². The summed E-state index contributed by atoms with van der Waals surface area (Å²) in [5.74, 6) is -1.23. The summed E-state index contributed by atoms with van der Waals surface area (Å²) in [6, 6.07) is 16.2. The van der Waals surface area contributed by atoms with E-state index in [-0.39, 0.29) is 37.9 Å². The van der Waals surface area contributed by atoms with E-state index in [4.69, 9.17) is 14.6 Å². The number of nitrogens with one attached hydrogen (secondary N) is 2. The number of alkyl carbamates (subject to hydrolysis) is 1. The Kier molecular flexibility index (Phi) is 6.65. The molecule has 0 bridgehead atoms. The lowest BCUT2D eigenvalue weighted by Crippen LogP contribution is -2.43. The Hall–Kier alpha value is -3.39. The van der Waals surface area contributed by atoms with E-state index in [1.165, 1.54) is 7.11 Å². The number of ether oxygens (including phenoxy) is 2. The van der Waals surface area contributed by atoms with Crippen molar-refractivity contribution in [2.45, 2.75) is 31.3 Å². The maximum atomic E-state index is 12.6. The molecular weight excluding hydrogens is 424 g/mol. The average molecular weight is 453 g/mol. The van der Waals surface area contributed by atoms with Gasteiger partial charge in [0.15, 0.2) is 0 Å². The first kappa shape index (κ1) is 22.8. The van der Waals surface area contributed by atoms with Gasteiger partial charge in [0, 0.05) is 26.1 Å². The molecule has 174 valence electrons. The molecule has 1 unspecified atom stereocenters. The van der Waals surface area contributed by atoms with Crippen LogP contribution in [0.5, 0.6) is 0 Å². The molecule has 1 fully saturated rings. The van der Waals surface area contributed by atoms with Crippen molar-refractivity contribution in [3.63, 3.8) is 0 Å². The molecule has 2 aliphatic carbocycles. The Labute approximate surface area is 192 Å². The molecule has 8 heteroatoms. The summed E-state index contributed by atoms with van der Waals surface area (Å²) in [5, 5.41) is 14.4. The number of carboxylic acid groups (broad SMARTS) is 1. The Morgan fingerprint density at radius 1 is 1.03 bits per heavy atom. The molecule has 0 radical (unpaired) electrons. The SMILES string of the molecule is COC(CNC(=O)C1(CNC(=O)OCC2c3ccccc3-c3ccccc32)CC1)CC(=O)O. The Morgan fingerprint density at radius 3 is 2.18 bits per heavy atom. The number of carbonyl (C=O) groups excluding carboxylic acids is 2. The second kappa shape index (κ2) is 9.62. The minimum Gasteiger partial charge on any atom is -0.481 e. The van der Waals surface area contributed by atoms with Crippen LogP contribution in [-0.2, 0) is 19.1 Å². The van der Waals surface area contributed by atoms with Crippen LogP contribution in [0.25, 0.3) is 11.1 Å². The van der Waals surface area contributed by atoms with E-state index in [2.05, 4.69) is 34.9 Å². The van der Waals surface area contributed by atoms with Crippen LogP contribution >= 0.6 is 0 Å². The Bertz CT molecular complexity index is 1000. The third kappa shape index (κ3) is 5.01. The molecule has 8 nitrogen and oxygen atoms in total. The number of carbonyl (C=O) groups is 3. The summed E-state index contributed by atoms with van der Waals surface area (Å²) in [6.45, 7) is 0.490. The van der Waals surface area contributed by atoms with Gasteiger partial charge in [-0.3, -0.25) is 9.59 Å². The highest BCUT2D eigenvalue weighted by molar-refractivity contribution is 5.86. The van der Waals surface area contributed by atoms with Crippen molar-refractivity contribution in [1.29, 1.82) is 0 Å². The van der Waals surface area contributed by atoms with Crippen LogP contribution in [0.2, 0.25) is 0 Å². The lowest BCUT2D eigenvalue weighted by molar-refractivity contribution is -0.140. The minimum atomic E-state index is -0.992. The number of benzene rings is 2. The highest BCUT2D eigenvalue weighted by atomic mass is 16.5. The van der Waals surface area contributed by atoms with Crippen LogP contribution in [0.1, 0.15) is 36.3 Å². The van der Waals surface area contributed by atoms with Crippen LogP contribution in [0, 0.1) is 5.41 Å². The van der Waals surface area contributed by atoms with Crippen molar-refractivity contribution in [2.75, 3.05) is 26.8 Å². The number of rotatable bonds is 10. The van der Waals surface area contributed by atoms with Crippen LogP contribution in [0.4, 0.5) is 4.79 Å². The topological polar surface area (TPSA) is 114 Å². The Balaban J connectivity index is 1.28. The van der Waals surface area contributed by atoms with E-state index in [1.807, 2.05) is 24.3 Å². The van der Waals surface area contributed by atoms with Crippen molar-refractivity contribution in [3.8, 4) is 11.1 Å². The fourth-order valence-corrected chi connectivity index (χ4v) is 4.35. The van der Waals surface area contributed by atoms with Crippen LogP contribution in [0.3, 0.4) is 0 Å². The van der Waals surface area contributed by atoms with Crippen molar-refractivity contribution in [2.24, 2.45) is 5.41 Å². The molecule has 1 saturated carbocycles. The molecule has 0 saturated heterocycles. The molecule has 2 aromatic rings. The molecule has 33 heavy (non-hydrogen) atoms. The van der Waals surface area contributed by atoms with Gasteiger partial charge in [0.25, 0.3) is 0 Å². The van der Waals surface area contributed by atoms with Crippen LogP contribution in [0.15, 0.2) is 48.5 Å². The molecule has 0 aliphatic heterocycles. The number of amides is 2. The molecule has 0 aromatic heterocycles. The monoisotopic (exact) mass is 452 g/mol. The lowest BCUT2D eigenvalue weighted by atomic mass is 9.98. The predicted octanol–water partition coefficient (Wildman–Crippen LogP) is 2.91. The summed E-state index contributed by atoms with van der Waals surface area (Å²) in [5.41, 5.74) is 3.92. The summed E-state index contributed by atoms with van der Waals surface area (Å²) in [4.78, 5) is 35.8. The first-order valence-corrected chi connectivity index (χ1v) is 11.1. The number of aliphatic carboxylic acids is 1. The van der Waals surface area contributed by atoms with Gasteiger partial charge in [-0.25, -0.2) is 4.79 Å². The molecule has 2 amide bonds. The summed E-state index contributed by atoms with van der Waals surface area (Å²) < 4.78 is 10.6. The minimum absolute atomic E-state index is 0.0263. The van der Waals surface area contributed by atoms with E-state index in [0.717, 1.165) is 22.3 Å². The summed E-state index contributed by atoms with van der Waals surface area (Å²) in [6.07, 6.45) is -0.0474. The predicted molar refractivity (Wildman–Crippen MR) is 121 cm³/mol. The maximum absolute atomic E-state index is 12.6. The second-order valence-electron chi connectivity index (χ2n) is 8.63. The molecule has 0 heterocycles. The Morgan fingerprint density at radius 2 is 1.64 bits per heavy atom. The van der Waals surface area contributed by atoms with E-state index in [1.54, 1.807) is 0 Å². The van der Waals surface area contributed by atoms with Crippen molar-refractivity contribution >= 4 is 18.0 Å². The molecule has 2 aromatic carbocycles. The molecule has 1 atom stereocenters. The first-order valence-electron chi connectivity index (χ1n) is 11.1. The number of carboxylic acids is 1. The molecule has 4 rings (SSSR count). The highest BCUT2D eigenvalue weighted by Crippen LogP contribution is 2.46. The van der Waals surface area contributed by atoms with E-state index >= 15 is 0 Å². The summed E-state index contributed by atoms with van der Waals surface area (Å²) >= 11 is 0. The van der Waals surface area contributed by atoms with Crippen molar-refractivity contribution in [1.82, 2.24) is 10.6 Å². The van der Waals surface area contributed by atoms with Gasteiger partial charge in [0.1, 0.15) is 6.61 Å². The quantitative estimate of drug-likeness (QED) is 0.511. The van der Waals surface area contributed by atoms with Gasteiger partial charge in [-0.05, 0) is 35.1 Å². The number of fused-ring (bicyclic) bond motifs is 3. The number of hydrogen-bond acceptors (Lipinski definition) is 5.